The van der Waals surface area contributed by atoms with Gasteiger partial charge in [-0.05, 0) is 24.0 Å². The van der Waals surface area contributed by atoms with Crippen molar-refractivity contribution < 1.29 is 9.59 Å². The molecular formula is C17H21Cl2N3O2. The van der Waals surface area contributed by atoms with Crippen molar-refractivity contribution >= 4 is 41.5 Å². The van der Waals surface area contributed by atoms with Crippen molar-refractivity contribution in [2.24, 2.45) is 17.8 Å². The third-order valence-corrected chi connectivity index (χ3v) is 5.64. The van der Waals surface area contributed by atoms with Gasteiger partial charge in [0.25, 0.3) is 0 Å². The van der Waals surface area contributed by atoms with Crippen molar-refractivity contribution in [2.45, 2.75) is 6.42 Å². The fourth-order valence-corrected chi connectivity index (χ4v) is 4.31. The van der Waals surface area contributed by atoms with Gasteiger partial charge >= 0.3 is 0 Å². The Bertz CT molecular complexity index is 642. The molecule has 0 bridgehead atoms. The Hall–Kier alpha value is -1.30. The van der Waals surface area contributed by atoms with Gasteiger partial charge in [-0.1, -0.05) is 23.7 Å². The predicted octanol–water partition coefficient (Wildman–Crippen LogP) is 1.79. The maximum atomic E-state index is 12.8. The molecule has 4 rings (SSSR count). The van der Waals surface area contributed by atoms with E-state index in [-0.39, 0.29) is 36.6 Å². The number of carbonyl (C=O) groups excluding carboxylic acids is 2. The van der Waals surface area contributed by atoms with Crippen LogP contribution in [-0.4, -0.2) is 49.4 Å². The Labute approximate surface area is 152 Å². The molecule has 3 aliphatic heterocycles. The minimum Gasteiger partial charge on any atom is -0.342 e. The lowest BCUT2D eigenvalue weighted by molar-refractivity contribution is -0.135. The van der Waals surface area contributed by atoms with Gasteiger partial charge < -0.3 is 15.1 Å². The van der Waals surface area contributed by atoms with E-state index in [0.717, 1.165) is 26.2 Å². The van der Waals surface area contributed by atoms with Crippen LogP contribution in [0.15, 0.2) is 24.3 Å². The van der Waals surface area contributed by atoms with Gasteiger partial charge in [0.1, 0.15) is 0 Å². The molecule has 1 aromatic carbocycles. The van der Waals surface area contributed by atoms with E-state index < -0.39 is 0 Å². The van der Waals surface area contributed by atoms with Gasteiger partial charge in [-0.15, -0.1) is 12.4 Å². The SMILES string of the molecule is Cl.O=C(C1CC(=O)N(c2ccccc2Cl)C1)N1C[C@H]2CNC[C@H]2C1. The average molecular weight is 370 g/mol. The molecule has 3 atom stereocenters. The molecule has 3 aliphatic rings. The molecule has 0 aromatic heterocycles. The third kappa shape index (κ3) is 3.01. The van der Waals surface area contributed by atoms with Gasteiger partial charge in [0, 0.05) is 39.1 Å². The molecule has 5 nitrogen and oxygen atoms in total. The van der Waals surface area contributed by atoms with E-state index in [9.17, 15) is 9.59 Å². The van der Waals surface area contributed by atoms with Crippen LogP contribution in [0.3, 0.4) is 0 Å². The summed E-state index contributed by atoms with van der Waals surface area (Å²) in [6, 6.07) is 7.30. The maximum absolute atomic E-state index is 12.8. The fourth-order valence-electron chi connectivity index (χ4n) is 4.07. The monoisotopic (exact) mass is 369 g/mol. The van der Waals surface area contributed by atoms with Gasteiger partial charge in [0.15, 0.2) is 0 Å². The topological polar surface area (TPSA) is 52.7 Å². The number of amides is 2. The van der Waals surface area contributed by atoms with Crippen LogP contribution in [0.4, 0.5) is 5.69 Å². The summed E-state index contributed by atoms with van der Waals surface area (Å²) >= 11 is 6.19. The Morgan fingerprint density at radius 2 is 1.79 bits per heavy atom. The van der Waals surface area contributed by atoms with Crippen LogP contribution in [0.25, 0.3) is 0 Å². The summed E-state index contributed by atoms with van der Waals surface area (Å²) in [6.07, 6.45) is 0.286. The summed E-state index contributed by atoms with van der Waals surface area (Å²) in [5, 5.41) is 3.93. The van der Waals surface area contributed by atoms with Gasteiger partial charge in [-0.2, -0.15) is 0 Å². The Morgan fingerprint density at radius 1 is 1.12 bits per heavy atom. The molecule has 0 aliphatic carbocycles. The highest BCUT2D eigenvalue weighted by molar-refractivity contribution is 6.33. The molecule has 0 radical (unpaired) electrons. The second-order valence-corrected chi connectivity index (χ2v) is 7.19. The number of nitrogens with zero attached hydrogens (tertiary/aromatic N) is 2. The minimum atomic E-state index is -0.245. The summed E-state index contributed by atoms with van der Waals surface area (Å²) in [7, 11) is 0. The molecule has 0 saturated carbocycles. The first-order valence-electron chi connectivity index (χ1n) is 8.18. The number of anilines is 1. The Kier molecular flexibility index (Phi) is 5.04. The molecule has 24 heavy (non-hydrogen) atoms. The lowest BCUT2D eigenvalue weighted by atomic mass is 10.0. The number of benzene rings is 1. The Balaban J connectivity index is 0.00000169. The molecule has 0 spiro atoms. The predicted molar refractivity (Wildman–Crippen MR) is 95.6 cm³/mol. The van der Waals surface area contributed by atoms with Gasteiger partial charge in [-0.25, -0.2) is 0 Å². The number of hydrogen-bond donors (Lipinski definition) is 1. The molecule has 1 unspecified atom stereocenters. The highest BCUT2D eigenvalue weighted by atomic mass is 35.5. The van der Waals surface area contributed by atoms with E-state index in [4.69, 9.17) is 11.6 Å². The smallest absolute Gasteiger partial charge is 0.228 e. The van der Waals surface area contributed by atoms with Crippen molar-refractivity contribution in [1.82, 2.24) is 10.2 Å². The van der Waals surface area contributed by atoms with Crippen LogP contribution in [0.2, 0.25) is 5.02 Å². The van der Waals surface area contributed by atoms with Crippen LogP contribution in [0.1, 0.15) is 6.42 Å². The zero-order valence-electron chi connectivity index (χ0n) is 13.3. The summed E-state index contributed by atoms with van der Waals surface area (Å²) in [6.45, 7) is 4.10. The fraction of sp³-hybridized carbons (Fsp3) is 0.529. The molecule has 1 aromatic rings. The highest BCUT2D eigenvalue weighted by Crippen LogP contribution is 2.33. The van der Waals surface area contributed by atoms with Crippen LogP contribution in [0.5, 0.6) is 0 Å². The number of likely N-dealkylation sites (tertiary alicyclic amines) is 1. The molecule has 2 amide bonds. The van der Waals surface area contributed by atoms with Crippen LogP contribution < -0.4 is 10.2 Å². The molecule has 1 N–H and O–H groups in total. The number of para-hydroxylation sites is 1. The number of fused-ring (bicyclic) bond motifs is 1. The van der Waals surface area contributed by atoms with E-state index in [1.165, 1.54) is 0 Å². The molecule has 130 valence electrons. The lowest BCUT2D eigenvalue weighted by Gasteiger charge is -2.22. The van der Waals surface area contributed by atoms with Crippen LogP contribution in [-0.2, 0) is 9.59 Å². The van der Waals surface area contributed by atoms with Crippen molar-refractivity contribution in [3.63, 3.8) is 0 Å². The van der Waals surface area contributed by atoms with Crippen molar-refractivity contribution in [2.75, 3.05) is 37.6 Å². The van der Waals surface area contributed by atoms with E-state index >= 15 is 0 Å². The molecule has 7 heteroatoms. The van der Waals surface area contributed by atoms with Crippen molar-refractivity contribution in [3.8, 4) is 0 Å². The van der Waals surface area contributed by atoms with Crippen molar-refractivity contribution in [3.05, 3.63) is 29.3 Å². The zero-order chi connectivity index (χ0) is 16.0. The van der Waals surface area contributed by atoms with Crippen LogP contribution in [0, 0.1) is 17.8 Å². The van der Waals surface area contributed by atoms with E-state index in [0.29, 0.717) is 29.1 Å². The molecule has 3 fully saturated rings. The maximum Gasteiger partial charge on any atom is 0.228 e. The third-order valence-electron chi connectivity index (χ3n) is 5.32. The average Bonchev–Trinajstić information content (AvgIpc) is 3.21. The highest BCUT2D eigenvalue weighted by Gasteiger charge is 2.43. The first-order chi connectivity index (χ1) is 11.1. The molecular weight excluding hydrogens is 349 g/mol. The second kappa shape index (κ2) is 6.90. The standard InChI is InChI=1S/C17H20ClN3O2.ClH/c18-14-3-1-2-4-15(14)21-10-11(5-16(21)22)17(23)20-8-12-6-19-7-13(12)9-20;/h1-4,11-13,19H,5-10H2;1H/t11?,12-,13+;. The van der Waals surface area contributed by atoms with Crippen molar-refractivity contribution in [1.29, 1.82) is 0 Å². The number of halogens is 2. The summed E-state index contributed by atoms with van der Waals surface area (Å²) in [5.74, 6) is 1.02. The lowest BCUT2D eigenvalue weighted by Crippen LogP contribution is -2.37. The number of carbonyl (C=O) groups is 2. The number of rotatable bonds is 2. The van der Waals surface area contributed by atoms with Crippen LogP contribution >= 0.6 is 24.0 Å². The van der Waals surface area contributed by atoms with Gasteiger partial charge in [-0.3, -0.25) is 9.59 Å². The van der Waals surface area contributed by atoms with E-state index in [1.54, 1.807) is 11.0 Å². The first kappa shape index (κ1) is 17.5. The number of nitrogens with one attached hydrogen (secondary N) is 1. The minimum absolute atomic E-state index is 0. The van der Waals surface area contributed by atoms with E-state index in [2.05, 4.69) is 5.32 Å². The summed E-state index contributed by atoms with van der Waals surface area (Å²) in [4.78, 5) is 28.7. The molecule has 3 heterocycles. The number of hydrogen-bond acceptors (Lipinski definition) is 3. The molecule has 3 saturated heterocycles. The van der Waals surface area contributed by atoms with Gasteiger partial charge in [0.05, 0.1) is 16.6 Å². The second-order valence-electron chi connectivity index (χ2n) is 6.78. The summed E-state index contributed by atoms with van der Waals surface area (Å²) in [5.41, 5.74) is 0.706. The first-order valence-corrected chi connectivity index (χ1v) is 8.55. The van der Waals surface area contributed by atoms with E-state index in [1.807, 2.05) is 23.1 Å². The van der Waals surface area contributed by atoms with Gasteiger partial charge in [0.2, 0.25) is 11.8 Å². The normalized spacial score (nSPS) is 28.9. The largest absolute Gasteiger partial charge is 0.342 e. The Morgan fingerprint density at radius 3 is 2.46 bits per heavy atom. The zero-order valence-corrected chi connectivity index (χ0v) is 14.9. The quantitative estimate of drug-likeness (QED) is 0.864. The summed E-state index contributed by atoms with van der Waals surface area (Å²) < 4.78 is 0.